The van der Waals surface area contributed by atoms with E-state index in [-0.39, 0.29) is 30.6 Å². The number of nitrogens with one attached hydrogen (secondary N) is 1. The van der Waals surface area contributed by atoms with Gasteiger partial charge in [0.1, 0.15) is 0 Å². The third-order valence-corrected chi connectivity index (χ3v) is 9.27. The van der Waals surface area contributed by atoms with Crippen LogP contribution in [0.5, 0.6) is 0 Å². The molecule has 2 N–H and O–H groups in total. The molecule has 1 spiro atoms. The summed E-state index contributed by atoms with van der Waals surface area (Å²) >= 11 is 0. The summed E-state index contributed by atoms with van der Waals surface area (Å²) in [5, 5.41) is 12.5. The van der Waals surface area contributed by atoms with E-state index in [1.165, 1.54) is 6.92 Å². The van der Waals surface area contributed by atoms with E-state index in [0.717, 1.165) is 53.7 Å². The van der Waals surface area contributed by atoms with Gasteiger partial charge in [-0.2, -0.15) is 0 Å². The van der Waals surface area contributed by atoms with Gasteiger partial charge in [0.2, 0.25) is 0 Å². The highest BCUT2D eigenvalue weighted by molar-refractivity contribution is 5.82. The van der Waals surface area contributed by atoms with Crippen LogP contribution in [0.2, 0.25) is 0 Å². The molecule has 0 radical (unpaired) electrons. The molecule has 47 heavy (non-hydrogen) atoms. The Morgan fingerprint density at radius 1 is 0.894 bits per heavy atom. The number of carbonyl (C=O) groups is 2. The SMILES string of the molecule is CC(=O)OC(C)C(=O)NCc1ccc(C2OC(CN3CCC4(CC3)OCCO4)C(c3ccccc3)C(c3ccc(CO)cc3)O2)cc1. The lowest BCUT2D eigenvalue weighted by Gasteiger charge is -2.46. The number of rotatable bonds is 10. The van der Waals surface area contributed by atoms with E-state index in [4.69, 9.17) is 23.7 Å². The summed E-state index contributed by atoms with van der Waals surface area (Å²) in [5.74, 6) is -1.40. The lowest BCUT2D eigenvalue weighted by molar-refractivity contribution is -0.265. The number of piperidine rings is 1. The number of aliphatic hydroxyl groups is 1. The first-order valence-electron chi connectivity index (χ1n) is 16.4. The molecule has 3 fully saturated rings. The Labute approximate surface area is 275 Å². The zero-order valence-corrected chi connectivity index (χ0v) is 27.0. The largest absolute Gasteiger partial charge is 0.453 e. The van der Waals surface area contributed by atoms with Gasteiger partial charge in [-0.05, 0) is 29.2 Å². The van der Waals surface area contributed by atoms with Gasteiger partial charge < -0.3 is 39.0 Å². The minimum Gasteiger partial charge on any atom is -0.453 e. The maximum Gasteiger partial charge on any atom is 0.303 e. The first-order valence-corrected chi connectivity index (χ1v) is 16.4. The van der Waals surface area contributed by atoms with E-state index in [9.17, 15) is 14.7 Å². The summed E-state index contributed by atoms with van der Waals surface area (Å²) in [6, 6.07) is 26.1. The average molecular weight is 645 g/mol. The minimum atomic E-state index is -0.864. The van der Waals surface area contributed by atoms with Crippen molar-refractivity contribution >= 4 is 11.9 Å². The van der Waals surface area contributed by atoms with Gasteiger partial charge in [-0.3, -0.25) is 9.59 Å². The second kappa shape index (κ2) is 15.1. The second-order valence-corrected chi connectivity index (χ2v) is 12.5. The Kier molecular flexibility index (Phi) is 10.7. The van der Waals surface area contributed by atoms with E-state index in [1.807, 2.05) is 66.7 Å². The highest BCUT2D eigenvalue weighted by Crippen LogP contribution is 2.47. The van der Waals surface area contributed by atoms with Gasteiger partial charge in [-0.1, -0.05) is 78.9 Å². The highest BCUT2D eigenvalue weighted by atomic mass is 16.7. The Morgan fingerprint density at radius 3 is 2.17 bits per heavy atom. The smallest absolute Gasteiger partial charge is 0.303 e. The van der Waals surface area contributed by atoms with Gasteiger partial charge >= 0.3 is 5.97 Å². The van der Waals surface area contributed by atoms with Crippen molar-refractivity contribution in [3.63, 3.8) is 0 Å². The van der Waals surface area contributed by atoms with Crippen molar-refractivity contribution in [1.82, 2.24) is 10.2 Å². The molecular formula is C37H44N2O8. The van der Waals surface area contributed by atoms with Crippen LogP contribution < -0.4 is 5.32 Å². The van der Waals surface area contributed by atoms with Crippen LogP contribution in [0.15, 0.2) is 78.9 Å². The molecule has 10 nitrogen and oxygen atoms in total. The van der Waals surface area contributed by atoms with E-state index in [2.05, 4.69) is 22.3 Å². The first-order chi connectivity index (χ1) is 22.8. The molecule has 3 aromatic rings. The molecule has 3 saturated heterocycles. The van der Waals surface area contributed by atoms with Gasteiger partial charge in [0.15, 0.2) is 18.2 Å². The predicted molar refractivity (Wildman–Crippen MR) is 173 cm³/mol. The highest BCUT2D eigenvalue weighted by Gasteiger charge is 2.45. The van der Waals surface area contributed by atoms with Crippen molar-refractivity contribution < 1.29 is 38.4 Å². The molecule has 3 aromatic carbocycles. The molecule has 10 heteroatoms. The molecule has 1 amide bonds. The maximum absolute atomic E-state index is 12.3. The molecule has 0 aromatic heterocycles. The molecule has 0 saturated carbocycles. The minimum absolute atomic E-state index is 0.0262. The van der Waals surface area contributed by atoms with Crippen LogP contribution >= 0.6 is 0 Å². The normalized spacial score (nSPS) is 24.9. The number of amides is 1. The van der Waals surface area contributed by atoms with E-state index < -0.39 is 24.2 Å². The zero-order chi connectivity index (χ0) is 32.8. The topological polar surface area (TPSA) is 116 Å². The lowest BCUT2D eigenvalue weighted by atomic mass is 9.83. The molecule has 0 bridgehead atoms. The Bertz CT molecular complexity index is 1470. The van der Waals surface area contributed by atoms with Crippen LogP contribution in [-0.4, -0.2) is 72.7 Å². The molecule has 3 aliphatic rings. The van der Waals surface area contributed by atoms with Crippen molar-refractivity contribution in [3.8, 4) is 0 Å². The van der Waals surface area contributed by atoms with Crippen molar-refractivity contribution in [2.75, 3.05) is 32.8 Å². The van der Waals surface area contributed by atoms with E-state index in [0.29, 0.717) is 26.3 Å². The third kappa shape index (κ3) is 8.09. The fourth-order valence-corrected chi connectivity index (χ4v) is 6.71. The Hall–Kier alpha value is -3.64. The van der Waals surface area contributed by atoms with Crippen LogP contribution in [0.3, 0.4) is 0 Å². The number of likely N-dealkylation sites (tertiary alicyclic amines) is 1. The molecule has 3 heterocycles. The number of carbonyl (C=O) groups excluding carboxylic acids is 2. The van der Waals surface area contributed by atoms with Crippen molar-refractivity contribution in [3.05, 3.63) is 107 Å². The number of benzene rings is 3. The van der Waals surface area contributed by atoms with E-state index >= 15 is 0 Å². The van der Waals surface area contributed by atoms with Crippen molar-refractivity contribution in [1.29, 1.82) is 0 Å². The second-order valence-electron chi connectivity index (χ2n) is 12.5. The summed E-state index contributed by atoms with van der Waals surface area (Å²) in [4.78, 5) is 26.0. The molecule has 5 unspecified atom stereocenters. The summed E-state index contributed by atoms with van der Waals surface area (Å²) in [7, 11) is 0. The van der Waals surface area contributed by atoms with Gasteiger partial charge in [0, 0.05) is 57.4 Å². The predicted octanol–water partition coefficient (Wildman–Crippen LogP) is 4.52. The van der Waals surface area contributed by atoms with Crippen LogP contribution in [-0.2, 0) is 46.4 Å². The number of aliphatic hydroxyl groups excluding tert-OH is 1. The number of hydrogen-bond donors (Lipinski definition) is 2. The van der Waals surface area contributed by atoms with Crippen LogP contribution in [0, 0.1) is 0 Å². The lowest BCUT2D eigenvalue weighted by Crippen LogP contribution is -2.50. The number of nitrogens with zero attached hydrogens (tertiary/aromatic N) is 1. The zero-order valence-electron chi connectivity index (χ0n) is 27.0. The number of ether oxygens (including phenoxy) is 5. The first kappa shape index (κ1) is 33.3. The third-order valence-electron chi connectivity index (χ3n) is 9.27. The standard InChI is InChI=1S/C37H44N2O8/c1-25(45-26(2)41)35(42)38-22-27-8-14-31(15-9-27)36-46-32(23-39-18-16-37(17-19-39)43-20-21-44-37)33(29-6-4-3-5-7-29)34(47-36)30-12-10-28(24-40)11-13-30/h3-15,25,32-34,36,40H,16-24H2,1-2H3,(H,38,42). The van der Waals surface area contributed by atoms with Crippen molar-refractivity contribution in [2.24, 2.45) is 0 Å². The van der Waals surface area contributed by atoms with Gasteiger partial charge in [-0.15, -0.1) is 0 Å². The maximum atomic E-state index is 12.3. The van der Waals surface area contributed by atoms with Crippen LogP contribution in [0.4, 0.5) is 0 Å². The van der Waals surface area contributed by atoms with Gasteiger partial charge in [0.25, 0.3) is 5.91 Å². The molecular weight excluding hydrogens is 600 g/mol. The summed E-state index contributed by atoms with van der Waals surface area (Å²) < 4.78 is 30.7. The number of hydrogen-bond acceptors (Lipinski definition) is 9. The number of esters is 1. The van der Waals surface area contributed by atoms with Crippen molar-refractivity contribution in [2.45, 2.75) is 76.1 Å². The van der Waals surface area contributed by atoms with E-state index in [1.54, 1.807) is 6.92 Å². The monoisotopic (exact) mass is 644 g/mol. The quantitative estimate of drug-likeness (QED) is 0.308. The molecule has 6 rings (SSSR count). The van der Waals surface area contributed by atoms with Crippen LogP contribution in [0.1, 0.15) is 72.8 Å². The molecule has 3 aliphatic heterocycles. The van der Waals surface area contributed by atoms with Gasteiger partial charge in [0.05, 0.1) is 32.0 Å². The summed E-state index contributed by atoms with van der Waals surface area (Å²) in [5.41, 5.74) is 4.75. The summed E-state index contributed by atoms with van der Waals surface area (Å²) in [6.07, 6.45) is -0.364. The summed E-state index contributed by atoms with van der Waals surface area (Å²) in [6.45, 7) is 6.79. The molecule has 5 atom stereocenters. The Balaban J connectivity index is 1.24. The average Bonchev–Trinajstić information content (AvgIpc) is 3.56. The molecule has 250 valence electrons. The fourth-order valence-electron chi connectivity index (χ4n) is 6.71. The Morgan fingerprint density at radius 2 is 1.53 bits per heavy atom. The van der Waals surface area contributed by atoms with Gasteiger partial charge in [-0.25, -0.2) is 0 Å². The molecule has 0 aliphatic carbocycles. The van der Waals surface area contributed by atoms with Crippen LogP contribution in [0.25, 0.3) is 0 Å². The fraction of sp³-hybridized carbons (Fsp3) is 0.459.